The standard InChI is InChI=1S/C23H30N2O6/c1-13(2)19(21(26)27)24-22(28)30-15-9-10-23(3)17(11-15)31-20-16(29-6)8-7-14(18(20)23)12-25(4)5/h7-10,13,15,17,19H,4,11-12H2,1-3,5-6H3,(H-,24,26,27,28)/p+1. The number of rotatable bonds is 7. The quantitative estimate of drug-likeness (QED) is 0.391. The Hall–Kier alpha value is -3.03. The first-order valence-corrected chi connectivity index (χ1v) is 10.3. The van der Waals surface area contributed by atoms with Gasteiger partial charge in [0.2, 0.25) is 0 Å². The molecule has 8 nitrogen and oxygen atoms in total. The molecule has 0 saturated carbocycles. The van der Waals surface area contributed by atoms with E-state index < -0.39 is 29.6 Å². The Morgan fingerprint density at radius 3 is 2.71 bits per heavy atom. The van der Waals surface area contributed by atoms with E-state index in [0.717, 1.165) is 11.1 Å². The molecule has 1 aromatic carbocycles. The number of carbonyl (C=O) groups excluding carboxylic acids is 1. The molecular formula is C23H31N2O6+. The van der Waals surface area contributed by atoms with Gasteiger partial charge in [-0.25, -0.2) is 14.2 Å². The van der Waals surface area contributed by atoms with E-state index in [4.69, 9.17) is 14.2 Å². The number of carboxylic acids is 1. The van der Waals surface area contributed by atoms with Crippen LogP contribution < -0.4 is 14.8 Å². The molecule has 4 unspecified atom stereocenters. The number of carboxylic acid groups (broad SMARTS) is 1. The van der Waals surface area contributed by atoms with E-state index in [0.29, 0.717) is 24.5 Å². The molecular weight excluding hydrogens is 400 g/mol. The van der Waals surface area contributed by atoms with E-state index in [-0.39, 0.29) is 12.0 Å². The molecule has 2 aliphatic rings. The van der Waals surface area contributed by atoms with Gasteiger partial charge in [0, 0.05) is 17.5 Å². The normalized spacial score (nSPS) is 24.6. The SMILES string of the molecule is C=[N+](C)Cc1ccc(OC)c2c1C1(C)C=CC(OC(=O)NC(C(=O)O)C(C)C)CC1O2. The van der Waals surface area contributed by atoms with Crippen LogP contribution in [0.5, 0.6) is 11.5 Å². The van der Waals surface area contributed by atoms with E-state index in [1.807, 2.05) is 35.9 Å². The zero-order valence-electron chi connectivity index (χ0n) is 18.7. The number of hydrogen-bond donors (Lipinski definition) is 2. The van der Waals surface area contributed by atoms with Crippen molar-refractivity contribution in [2.24, 2.45) is 5.92 Å². The number of alkyl carbamates (subject to hydrolysis) is 1. The Labute approximate surface area is 182 Å². The van der Waals surface area contributed by atoms with Gasteiger partial charge in [0.05, 0.1) is 12.5 Å². The van der Waals surface area contributed by atoms with Crippen LogP contribution in [0.25, 0.3) is 0 Å². The highest BCUT2D eigenvalue weighted by molar-refractivity contribution is 5.80. The molecule has 1 aliphatic heterocycles. The van der Waals surface area contributed by atoms with Crippen LogP contribution in [0.15, 0.2) is 24.3 Å². The lowest BCUT2D eigenvalue weighted by molar-refractivity contribution is -0.505. The molecule has 0 radical (unpaired) electrons. The summed E-state index contributed by atoms with van der Waals surface area (Å²) >= 11 is 0. The Bertz CT molecular complexity index is 925. The number of carbonyl (C=O) groups is 2. The minimum atomic E-state index is -1.09. The summed E-state index contributed by atoms with van der Waals surface area (Å²) < 4.78 is 19.2. The summed E-state index contributed by atoms with van der Waals surface area (Å²) in [5.41, 5.74) is 1.74. The van der Waals surface area contributed by atoms with Crippen LogP contribution in [0.2, 0.25) is 0 Å². The summed E-state index contributed by atoms with van der Waals surface area (Å²) in [4.78, 5) is 23.6. The number of fused-ring (bicyclic) bond motifs is 3. The average Bonchev–Trinajstić information content (AvgIpc) is 2.98. The number of hydrogen-bond acceptors (Lipinski definition) is 5. The summed E-state index contributed by atoms with van der Waals surface area (Å²) in [5, 5.41) is 11.7. The van der Waals surface area contributed by atoms with Gasteiger partial charge >= 0.3 is 12.1 Å². The fourth-order valence-electron chi connectivity index (χ4n) is 4.30. The van der Waals surface area contributed by atoms with E-state index in [9.17, 15) is 14.7 Å². The van der Waals surface area contributed by atoms with Gasteiger partial charge in [0.1, 0.15) is 32.0 Å². The summed E-state index contributed by atoms with van der Waals surface area (Å²) in [6, 6.07) is 2.91. The Morgan fingerprint density at radius 2 is 2.13 bits per heavy atom. The van der Waals surface area contributed by atoms with Crippen molar-refractivity contribution >= 4 is 18.8 Å². The lowest BCUT2D eigenvalue weighted by Crippen LogP contribution is -2.47. The third-order valence-electron chi connectivity index (χ3n) is 5.90. The van der Waals surface area contributed by atoms with Gasteiger partial charge in [-0.1, -0.05) is 19.9 Å². The number of nitrogens with zero attached hydrogens (tertiary/aromatic N) is 1. The van der Waals surface area contributed by atoms with E-state index in [1.165, 1.54) is 0 Å². The number of methoxy groups -OCH3 is 1. The lowest BCUT2D eigenvalue weighted by atomic mass is 9.72. The molecule has 1 aromatic rings. The van der Waals surface area contributed by atoms with Crippen LogP contribution in [0.4, 0.5) is 4.79 Å². The number of benzene rings is 1. The molecule has 8 heteroatoms. The smallest absolute Gasteiger partial charge is 0.408 e. The van der Waals surface area contributed by atoms with Crippen molar-refractivity contribution in [1.29, 1.82) is 0 Å². The van der Waals surface area contributed by atoms with Gasteiger partial charge in [-0.3, -0.25) is 0 Å². The topological polar surface area (TPSA) is 97.1 Å². The van der Waals surface area contributed by atoms with Crippen molar-refractivity contribution < 1.29 is 33.5 Å². The predicted octanol–water partition coefficient (Wildman–Crippen LogP) is 2.72. The molecule has 168 valence electrons. The molecule has 0 bridgehead atoms. The van der Waals surface area contributed by atoms with Crippen LogP contribution in [0.1, 0.15) is 38.3 Å². The fraction of sp³-hybridized carbons (Fsp3) is 0.522. The summed E-state index contributed by atoms with van der Waals surface area (Å²) in [6.45, 7) is 10.2. The van der Waals surface area contributed by atoms with Crippen molar-refractivity contribution in [2.45, 2.75) is 57.4 Å². The maximum Gasteiger partial charge on any atom is 0.408 e. The monoisotopic (exact) mass is 431 g/mol. The van der Waals surface area contributed by atoms with Crippen LogP contribution in [-0.4, -0.2) is 60.9 Å². The first-order chi connectivity index (χ1) is 14.6. The van der Waals surface area contributed by atoms with Gasteiger partial charge in [0.15, 0.2) is 18.0 Å². The zero-order chi connectivity index (χ0) is 22.9. The van der Waals surface area contributed by atoms with Gasteiger partial charge < -0.3 is 24.6 Å². The molecule has 1 aliphatic carbocycles. The first-order valence-electron chi connectivity index (χ1n) is 10.3. The average molecular weight is 432 g/mol. The molecule has 31 heavy (non-hydrogen) atoms. The fourth-order valence-corrected chi connectivity index (χ4v) is 4.30. The molecule has 2 N–H and O–H groups in total. The maximum absolute atomic E-state index is 12.3. The van der Waals surface area contributed by atoms with Crippen LogP contribution in [0.3, 0.4) is 0 Å². The largest absolute Gasteiger partial charge is 0.493 e. The lowest BCUT2D eigenvalue weighted by Gasteiger charge is -2.34. The second kappa shape index (κ2) is 8.61. The molecule has 1 heterocycles. The predicted molar refractivity (Wildman–Crippen MR) is 115 cm³/mol. The van der Waals surface area contributed by atoms with Gasteiger partial charge in [-0.05, 0) is 31.1 Å². The van der Waals surface area contributed by atoms with Gasteiger partial charge in [-0.2, -0.15) is 0 Å². The number of aliphatic carboxylic acids is 1. The molecule has 0 fully saturated rings. The minimum Gasteiger partial charge on any atom is -0.493 e. The van der Waals surface area contributed by atoms with E-state index in [2.05, 4.69) is 19.0 Å². The molecule has 3 rings (SSSR count). The molecule has 4 atom stereocenters. The second-order valence-electron chi connectivity index (χ2n) is 8.78. The third kappa shape index (κ3) is 4.38. The maximum atomic E-state index is 12.3. The molecule has 0 spiro atoms. The van der Waals surface area contributed by atoms with E-state index in [1.54, 1.807) is 21.0 Å². The Balaban J connectivity index is 1.82. The zero-order valence-corrected chi connectivity index (χ0v) is 18.7. The van der Waals surface area contributed by atoms with Gasteiger partial charge in [0.25, 0.3) is 0 Å². The second-order valence-corrected chi connectivity index (χ2v) is 8.78. The van der Waals surface area contributed by atoms with Crippen molar-refractivity contribution in [2.75, 3.05) is 14.2 Å². The summed E-state index contributed by atoms with van der Waals surface area (Å²) in [6.07, 6.45) is 2.75. The summed E-state index contributed by atoms with van der Waals surface area (Å²) in [5.74, 6) is 0.00376. The van der Waals surface area contributed by atoms with Crippen molar-refractivity contribution in [1.82, 2.24) is 5.32 Å². The van der Waals surface area contributed by atoms with Gasteiger partial charge in [-0.15, -0.1) is 0 Å². The van der Waals surface area contributed by atoms with Crippen molar-refractivity contribution in [3.05, 3.63) is 35.4 Å². The highest BCUT2D eigenvalue weighted by Gasteiger charge is 2.50. The minimum absolute atomic E-state index is 0.254. The van der Waals surface area contributed by atoms with Crippen LogP contribution in [0, 0.1) is 5.92 Å². The number of ether oxygens (including phenoxy) is 3. The number of nitrogens with one attached hydrogen (secondary N) is 1. The highest BCUT2D eigenvalue weighted by atomic mass is 16.6. The van der Waals surface area contributed by atoms with Crippen LogP contribution >= 0.6 is 0 Å². The van der Waals surface area contributed by atoms with Crippen LogP contribution in [-0.2, 0) is 21.5 Å². The number of amides is 1. The third-order valence-corrected chi connectivity index (χ3v) is 5.90. The van der Waals surface area contributed by atoms with Crippen molar-refractivity contribution in [3.63, 3.8) is 0 Å². The first kappa shape index (κ1) is 22.7. The Morgan fingerprint density at radius 1 is 1.42 bits per heavy atom. The van der Waals surface area contributed by atoms with Crippen molar-refractivity contribution in [3.8, 4) is 11.5 Å². The molecule has 0 aromatic heterocycles. The summed E-state index contributed by atoms with van der Waals surface area (Å²) in [7, 11) is 3.52. The Kier molecular flexibility index (Phi) is 6.29. The van der Waals surface area contributed by atoms with E-state index >= 15 is 0 Å². The molecule has 1 amide bonds. The molecule has 0 saturated heterocycles. The highest BCUT2D eigenvalue weighted by Crippen LogP contribution is 2.53.